The van der Waals surface area contributed by atoms with E-state index < -0.39 is 0 Å². The van der Waals surface area contributed by atoms with Gasteiger partial charge in [0, 0.05) is 25.3 Å². The molecule has 0 amide bonds. The summed E-state index contributed by atoms with van der Waals surface area (Å²) in [5.41, 5.74) is 2.22. The largest absolute Gasteiger partial charge is 0.463 e. The molecule has 0 bridgehead atoms. The van der Waals surface area contributed by atoms with Gasteiger partial charge in [0.15, 0.2) is 6.29 Å². The molecule has 4 unspecified atom stereocenters. The van der Waals surface area contributed by atoms with Gasteiger partial charge < -0.3 is 14.2 Å². The lowest BCUT2D eigenvalue weighted by Gasteiger charge is -2.36. The predicted molar refractivity (Wildman–Crippen MR) is 93.6 cm³/mol. The van der Waals surface area contributed by atoms with E-state index in [1.165, 1.54) is 12.5 Å². The Morgan fingerprint density at radius 3 is 2.83 bits per heavy atom. The van der Waals surface area contributed by atoms with Crippen molar-refractivity contribution in [2.24, 2.45) is 0 Å². The molecule has 4 heteroatoms. The van der Waals surface area contributed by atoms with E-state index in [1.807, 2.05) is 25.1 Å². The highest BCUT2D eigenvalue weighted by Gasteiger charge is 2.31. The van der Waals surface area contributed by atoms with Gasteiger partial charge in [-0.3, -0.25) is 4.79 Å². The summed E-state index contributed by atoms with van der Waals surface area (Å²) in [6.45, 7) is 9.24. The van der Waals surface area contributed by atoms with E-state index in [1.54, 1.807) is 0 Å². The minimum atomic E-state index is -0.372. The van der Waals surface area contributed by atoms with Crippen molar-refractivity contribution in [2.45, 2.75) is 71.1 Å². The first-order valence-corrected chi connectivity index (χ1v) is 8.69. The Morgan fingerprint density at radius 2 is 2.17 bits per heavy atom. The van der Waals surface area contributed by atoms with Gasteiger partial charge in [0.25, 0.3) is 0 Å². The lowest BCUT2D eigenvalue weighted by atomic mass is 10.0. The Kier molecular flexibility index (Phi) is 7.00. The van der Waals surface area contributed by atoms with Crippen LogP contribution in [0.15, 0.2) is 36.9 Å². The molecule has 1 aromatic carbocycles. The normalized spacial score (nSPS) is 25.0. The molecular weight excluding hydrogens is 304 g/mol. The average Bonchev–Trinajstić information content (AvgIpc) is 2.54. The molecule has 0 aromatic heterocycles. The van der Waals surface area contributed by atoms with Crippen molar-refractivity contribution in [3.63, 3.8) is 0 Å². The van der Waals surface area contributed by atoms with Crippen molar-refractivity contribution in [2.75, 3.05) is 0 Å². The number of rotatable bonds is 7. The molecular formula is C20H28O4. The summed E-state index contributed by atoms with van der Waals surface area (Å²) in [5.74, 6) is -0.254. The minimum absolute atomic E-state index is 0.0195. The lowest BCUT2D eigenvalue weighted by Crippen LogP contribution is -2.35. The van der Waals surface area contributed by atoms with E-state index in [9.17, 15) is 4.79 Å². The number of carbonyl (C=O) groups excluding carboxylic acids is 1. The fourth-order valence-electron chi connectivity index (χ4n) is 3.09. The number of allylic oxidation sites excluding steroid dienone is 1. The molecule has 0 N–H and O–H groups in total. The maximum atomic E-state index is 11.1. The number of carbonyl (C=O) groups is 1. The van der Waals surface area contributed by atoms with Gasteiger partial charge in [-0.2, -0.15) is 0 Å². The Balaban J connectivity index is 2.07. The molecule has 0 radical (unpaired) electrons. The molecule has 0 saturated carbocycles. The zero-order chi connectivity index (χ0) is 17.5. The minimum Gasteiger partial charge on any atom is -0.463 e. The van der Waals surface area contributed by atoms with Crippen LogP contribution in [0.1, 0.15) is 57.5 Å². The Hall–Kier alpha value is -1.65. The number of esters is 1. The summed E-state index contributed by atoms with van der Waals surface area (Å²) in [4.78, 5) is 11.1. The number of benzene rings is 1. The third-order valence-corrected chi connectivity index (χ3v) is 4.18. The zero-order valence-electron chi connectivity index (χ0n) is 14.9. The second-order valence-corrected chi connectivity index (χ2v) is 6.39. The molecule has 2 rings (SSSR count). The van der Waals surface area contributed by atoms with Crippen LogP contribution in [0, 0.1) is 0 Å². The summed E-state index contributed by atoms with van der Waals surface area (Å²) in [7, 11) is 0. The van der Waals surface area contributed by atoms with Crippen molar-refractivity contribution in [1.82, 2.24) is 0 Å². The van der Waals surface area contributed by atoms with Crippen LogP contribution >= 0.6 is 0 Å². The van der Waals surface area contributed by atoms with Crippen LogP contribution < -0.4 is 0 Å². The van der Waals surface area contributed by atoms with E-state index >= 15 is 0 Å². The summed E-state index contributed by atoms with van der Waals surface area (Å²) < 4.78 is 17.5. The van der Waals surface area contributed by atoms with Crippen LogP contribution in [0.25, 0.3) is 0 Å². The van der Waals surface area contributed by atoms with Crippen molar-refractivity contribution in [1.29, 1.82) is 0 Å². The molecule has 1 heterocycles. The smallest absolute Gasteiger partial charge is 0.302 e. The zero-order valence-corrected chi connectivity index (χ0v) is 14.9. The number of ether oxygens (including phenoxy) is 3. The van der Waals surface area contributed by atoms with Gasteiger partial charge in [0.1, 0.15) is 6.10 Å². The van der Waals surface area contributed by atoms with Gasteiger partial charge in [-0.05, 0) is 25.3 Å². The SMILES string of the molecule is C=CCc1cccc(C2OC(CC)CC(CC(C)OC(C)=O)O2)c1. The first-order chi connectivity index (χ1) is 11.5. The maximum Gasteiger partial charge on any atom is 0.302 e. The Labute approximate surface area is 144 Å². The Morgan fingerprint density at radius 1 is 1.42 bits per heavy atom. The van der Waals surface area contributed by atoms with Crippen LogP contribution in [0.3, 0.4) is 0 Å². The van der Waals surface area contributed by atoms with Gasteiger partial charge in [-0.25, -0.2) is 0 Å². The fourth-order valence-corrected chi connectivity index (χ4v) is 3.09. The molecule has 1 aliphatic heterocycles. The summed E-state index contributed by atoms with van der Waals surface area (Å²) in [5, 5.41) is 0. The number of hydrogen-bond donors (Lipinski definition) is 0. The summed E-state index contributed by atoms with van der Waals surface area (Å²) in [6.07, 6.45) is 4.80. The molecule has 132 valence electrons. The molecule has 1 aromatic rings. The molecule has 4 nitrogen and oxygen atoms in total. The van der Waals surface area contributed by atoms with Crippen molar-refractivity contribution < 1.29 is 19.0 Å². The fraction of sp³-hybridized carbons (Fsp3) is 0.550. The van der Waals surface area contributed by atoms with Crippen LogP contribution in [0.5, 0.6) is 0 Å². The van der Waals surface area contributed by atoms with Crippen molar-refractivity contribution in [3.05, 3.63) is 48.0 Å². The molecule has 4 atom stereocenters. The quantitative estimate of drug-likeness (QED) is 0.550. The van der Waals surface area contributed by atoms with E-state index in [-0.39, 0.29) is 30.6 Å². The van der Waals surface area contributed by atoms with Crippen LogP contribution in [0.2, 0.25) is 0 Å². The van der Waals surface area contributed by atoms with Gasteiger partial charge in [-0.1, -0.05) is 37.3 Å². The predicted octanol–water partition coefficient (Wildman–Crippen LogP) is 4.34. The van der Waals surface area contributed by atoms with E-state index in [0.29, 0.717) is 6.42 Å². The van der Waals surface area contributed by atoms with Crippen LogP contribution in [0.4, 0.5) is 0 Å². The number of hydrogen-bond acceptors (Lipinski definition) is 4. The first-order valence-electron chi connectivity index (χ1n) is 8.69. The van der Waals surface area contributed by atoms with Gasteiger partial charge >= 0.3 is 5.97 Å². The van der Waals surface area contributed by atoms with Gasteiger partial charge in [-0.15, -0.1) is 6.58 Å². The molecule has 24 heavy (non-hydrogen) atoms. The highest BCUT2D eigenvalue weighted by molar-refractivity contribution is 5.66. The molecule has 1 saturated heterocycles. The summed E-state index contributed by atoms with van der Waals surface area (Å²) in [6, 6.07) is 8.23. The summed E-state index contributed by atoms with van der Waals surface area (Å²) >= 11 is 0. The van der Waals surface area contributed by atoms with Crippen LogP contribution in [-0.2, 0) is 25.4 Å². The second kappa shape index (κ2) is 9.00. The van der Waals surface area contributed by atoms with Crippen LogP contribution in [-0.4, -0.2) is 24.3 Å². The first kappa shape index (κ1) is 18.7. The van der Waals surface area contributed by atoms with Crippen molar-refractivity contribution in [3.8, 4) is 0 Å². The second-order valence-electron chi connectivity index (χ2n) is 6.39. The highest BCUT2D eigenvalue weighted by Crippen LogP contribution is 2.33. The van der Waals surface area contributed by atoms with E-state index in [2.05, 4.69) is 25.6 Å². The maximum absolute atomic E-state index is 11.1. The Bertz CT molecular complexity index is 554. The highest BCUT2D eigenvalue weighted by atomic mass is 16.7. The third-order valence-electron chi connectivity index (χ3n) is 4.18. The topological polar surface area (TPSA) is 44.8 Å². The molecule has 1 aliphatic rings. The van der Waals surface area contributed by atoms with Gasteiger partial charge in [0.05, 0.1) is 12.2 Å². The van der Waals surface area contributed by atoms with E-state index in [0.717, 1.165) is 24.8 Å². The molecule has 0 aliphatic carbocycles. The average molecular weight is 332 g/mol. The standard InChI is InChI=1S/C20H28O4/c1-5-8-16-9-7-10-17(12-16)20-23-18(6-2)13-19(24-20)11-14(3)22-15(4)21/h5,7,9-10,12,14,18-20H,1,6,8,11,13H2,2-4H3. The van der Waals surface area contributed by atoms with Crippen molar-refractivity contribution >= 4 is 5.97 Å². The molecule has 1 fully saturated rings. The third kappa shape index (κ3) is 5.46. The monoisotopic (exact) mass is 332 g/mol. The molecule has 0 spiro atoms. The van der Waals surface area contributed by atoms with Gasteiger partial charge in [0.2, 0.25) is 0 Å². The lowest BCUT2D eigenvalue weighted by molar-refractivity contribution is -0.252. The van der Waals surface area contributed by atoms with E-state index in [4.69, 9.17) is 14.2 Å².